The maximum absolute atomic E-state index is 5.99. The first-order chi connectivity index (χ1) is 11.7. The van der Waals surface area contributed by atoms with Crippen LogP contribution < -0.4 is 25.1 Å². The van der Waals surface area contributed by atoms with Crippen molar-refractivity contribution in [2.24, 2.45) is 10.7 Å². The summed E-state index contributed by atoms with van der Waals surface area (Å²) in [5.41, 5.74) is 8.88. The van der Waals surface area contributed by atoms with Crippen molar-refractivity contribution in [2.45, 2.75) is 6.17 Å². The predicted octanol–water partition coefficient (Wildman–Crippen LogP) is 1.76. The molecule has 0 spiro atoms. The molecule has 2 heterocycles. The van der Waals surface area contributed by atoms with Crippen LogP contribution in [0, 0.1) is 0 Å². The number of para-hydroxylation sites is 2. The van der Waals surface area contributed by atoms with Crippen LogP contribution in [0.3, 0.4) is 0 Å². The molecule has 122 valence electrons. The normalized spacial score (nSPS) is 16.2. The van der Waals surface area contributed by atoms with Crippen molar-refractivity contribution in [3.63, 3.8) is 0 Å². The molecule has 1 atom stereocenters. The molecule has 4 rings (SSSR count). The molecule has 0 fully saturated rings. The van der Waals surface area contributed by atoms with E-state index in [1.54, 1.807) is 14.2 Å². The van der Waals surface area contributed by atoms with Gasteiger partial charge in [-0.15, -0.1) is 0 Å². The average Bonchev–Trinajstić information content (AvgIpc) is 2.98. The third-order valence-electron chi connectivity index (χ3n) is 4.13. The Morgan fingerprint density at radius 2 is 1.96 bits per heavy atom. The summed E-state index contributed by atoms with van der Waals surface area (Å²) in [6.07, 6.45) is -0.359. The molecule has 1 aromatic heterocycles. The third-order valence-corrected chi connectivity index (χ3v) is 4.13. The Balaban J connectivity index is 1.97. The molecular weight excluding hydrogens is 306 g/mol. The van der Waals surface area contributed by atoms with E-state index in [1.807, 2.05) is 42.5 Å². The Morgan fingerprint density at radius 1 is 1.12 bits per heavy atom. The maximum atomic E-state index is 5.99. The fraction of sp³-hybridized carbons (Fsp3) is 0.176. The van der Waals surface area contributed by atoms with Crippen LogP contribution >= 0.6 is 0 Å². The topological polar surface area (TPSA) is 88.5 Å². The highest BCUT2D eigenvalue weighted by Crippen LogP contribution is 2.32. The number of methoxy groups -OCH3 is 2. The number of nitrogens with zero attached hydrogens (tertiary/aromatic N) is 2. The Bertz CT molecular complexity index is 947. The summed E-state index contributed by atoms with van der Waals surface area (Å²) < 4.78 is 12.9. The average molecular weight is 324 g/mol. The number of guanidine groups is 1. The number of aromatic amines is 1. The Kier molecular flexibility index (Phi) is 3.26. The molecule has 0 bridgehead atoms. The number of benzene rings is 2. The minimum absolute atomic E-state index is 0.344. The highest BCUT2D eigenvalue weighted by Gasteiger charge is 2.33. The molecule has 7 nitrogen and oxygen atoms in total. The van der Waals surface area contributed by atoms with E-state index in [9.17, 15) is 0 Å². The number of H-pyrrole nitrogens is 1. The fourth-order valence-electron chi connectivity index (χ4n) is 3.04. The smallest absolute Gasteiger partial charge is 0.365 e. The van der Waals surface area contributed by atoms with E-state index in [-0.39, 0.29) is 6.17 Å². The molecule has 0 saturated carbocycles. The van der Waals surface area contributed by atoms with Crippen LogP contribution in [0.15, 0.2) is 47.5 Å². The van der Waals surface area contributed by atoms with Gasteiger partial charge in [-0.05, 0) is 30.3 Å². The van der Waals surface area contributed by atoms with Crippen LogP contribution in [0.25, 0.3) is 11.0 Å². The second-order valence-corrected chi connectivity index (χ2v) is 5.48. The highest BCUT2D eigenvalue weighted by molar-refractivity contribution is 5.92. The Morgan fingerprint density at radius 3 is 2.75 bits per heavy atom. The molecule has 2 aromatic carbocycles. The Labute approximate surface area is 138 Å². The number of rotatable bonds is 3. The van der Waals surface area contributed by atoms with Gasteiger partial charge in [0.1, 0.15) is 22.5 Å². The van der Waals surface area contributed by atoms with Gasteiger partial charge in [-0.2, -0.15) is 4.99 Å². The number of nitrogens with one attached hydrogen (secondary N) is 2. The van der Waals surface area contributed by atoms with E-state index in [0.717, 1.165) is 34.0 Å². The number of ether oxygens (including phenoxy) is 2. The van der Waals surface area contributed by atoms with Crippen molar-refractivity contribution in [1.29, 1.82) is 0 Å². The van der Waals surface area contributed by atoms with Gasteiger partial charge in [0.2, 0.25) is 6.17 Å². The van der Waals surface area contributed by atoms with Gasteiger partial charge >= 0.3 is 5.95 Å². The van der Waals surface area contributed by atoms with Gasteiger partial charge in [-0.3, -0.25) is 0 Å². The minimum atomic E-state index is -0.359. The number of aromatic nitrogens is 2. The molecule has 4 N–H and O–H groups in total. The third kappa shape index (κ3) is 2.13. The summed E-state index contributed by atoms with van der Waals surface area (Å²) in [6.45, 7) is 0. The molecule has 7 heteroatoms. The first-order valence-corrected chi connectivity index (χ1v) is 7.55. The number of fused-ring (bicyclic) bond motifs is 3. The molecule has 0 saturated heterocycles. The predicted molar refractivity (Wildman–Crippen MR) is 91.4 cm³/mol. The molecule has 0 aliphatic carbocycles. The van der Waals surface area contributed by atoms with Crippen molar-refractivity contribution < 1.29 is 14.0 Å². The standard InChI is InChI=1S/C17H17N5O2/c1-23-10-7-8-14(24-2)11(9-10)15-20-16(18)21-17-19-12-5-3-4-6-13(12)22(15)17/h3-9,15H,1-2H3,(H3,18,19,20,21)/p+1/t15-/m0/s1. The molecular formula is C17H18N5O2+. The number of anilines is 1. The quantitative estimate of drug-likeness (QED) is 0.641. The summed E-state index contributed by atoms with van der Waals surface area (Å²) >= 11 is 0. The first-order valence-electron chi connectivity index (χ1n) is 7.55. The maximum Gasteiger partial charge on any atom is 0.365 e. The lowest BCUT2D eigenvalue weighted by atomic mass is 10.1. The van der Waals surface area contributed by atoms with Crippen LogP contribution in [-0.2, 0) is 0 Å². The second-order valence-electron chi connectivity index (χ2n) is 5.48. The van der Waals surface area contributed by atoms with Crippen molar-refractivity contribution in [1.82, 2.24) is 4.98 Å². The Hall–Kier alpha value is -3.22. The largest absolute Gasteiger partial charge is 0.497 e. The second kappa shape index (κ2) is 5.45. The summed E-state index contributed by atoms with van der Waals surface area (Å²) in [6, 6.07) is 13.7. The van der Waals surface area contributed by atoms with Gasteiger partial charge in [0.15, 0.2) is 0 Å². The highest BCUT2D eigenvalue weighted by atomic mass is 16.5. The van der Waals surface area contributed by atoms with E-state index < -0.39 is 0 Å². The van der Waals surface area contributed by atoms with E-state index >= 15 is 0 Å². The van der Waals surface area contributed by atoms with Gasteiger partial charge in [-0.1, -0.05) is 12.1 Å². The van der Waals surface area contributed by atoms with E-state index in [4.69, 9.17) is 15.2 Å². The van der Waals surface area contributed by atoms with E-state index in [2.05, 4.69) is 19.9 Å². The zero-order chi connectivity index (χ0) is 16.7. The molecule has 1 aliphatic rings. The molecule has 1 aliphatic heterocycles. The lowest BCUT2D eigenvalue weighted by Crippen LogP contribution is -2.48. The van der Waals surface area contributed by atoms with E-state index in [1.165, 1.54) is 0 Å². The van der Waals surface area contributed by atoms with Crippen LogP contribution in [0.5, 0.6) is 11.5 Å². The fourth-order valence-corrected chi connectivity index (χ4v) is 3.04. The van der Waals surface area contributed by atoms with Crippen molar-refractivity contribution in [3.8, 4) is 11.5 Å². The van der Waals surface area contributed by atoms with Crippen LogP contribution in [0.4, 0.5) is 5.95 Å². The summed E-state index contributed by atoms with van der Waals surface area (Å²) in [4.78, 5) is 7.92. The number of hydrogen-bond donors (Lipinski definition) is 3. The summed E-state index contributed by atoms with van der Waals surface area (Å²) in [5, 5.41) is 3.08. The van der Waals surface area contributed by atoms with Gasteiger partial charge in [-0.25, -0.2) is 14.9 Å². The lowest BCUT2D eigenvalue weighted by Gasteiger charge is -2.20. The van der Waals surface area contributed by atoms with Crippen LogP contribution in [-0.4, -0.2) is 25.2 Å². The summed E-state index contributed by atoms with van der Waals surface area (Å²) in [5.74, 6) is 2.58. The molecule has 0 radical (unpaired) electrons. The monoisotopic (exact) mass is 324 g/mol. The number of hydrogen-bond acceptors (Lipinski definition) is 5. The molecule has 24 heavy (non-hydrogen) atoms. The van der Waals surface area contributed by atoms with Crippen LogP contribution in [0.1, 0.15) is 11.7 Å². The van der Waals surface area contributed by atoms with Crippen molar-refractivity contribution in [3.05, 3.63) is 48.0 Å². The SMILES string of the molecule is COc1ccc(OC)c([C@H]2N=C(N)Nc3[nH]c4ccccc4[n+]32)c1. The van der Waals surface area contributed by atoms with Gasteiger partial charge < -0.3 is 15.2 Å². The molecule has 3 aromatic rings. The first kappa shape index (κ1) is 14.4. The lowest BCUT2D eigenvalue weighted by molar-refractivity contribution is -0.674. The van der Waals surface area contributed by atoms with Gasteiger partial charge in [0, 0.05) is 0 Å². The molecule has 0 unspecified atom stereocenters. The molecule has 0 amide bonds. The number of imidazole rings is 1. The van der Waals surface area contributed by atoms with Crippen molar-refractivity contribution >= 4 is 22.9 Å². The number of nitrogens with two attached hydrogens (primary N) is 1. The zero-order valence-electron chi connectivity index (χ0n) is 13.4. The zero-order valence-corrected chi connectivity index (χ0v) is 13.4. The van der Waals surface area contributed by atoms with Crippen LogP contribution in [0.2, 0.25) is 0 Å². The minimum Gasteiger partial charge on any atom is -0.497 e. The number of aliphatic imine (C=N–C) groups is 1. The van der Waals surface area contributed by atoms with Crippen molar-refractivity contribution in [2.75, 3.05) is 19.5 Å². The van der Waals surface area contributed by atoms with E-state index in [0.29, 0.717) is 5.96 Å². The summed E-state index contributed by atoms with van der Waals surface area (Å²) in [7, 11) is 3.27. The van der Waals surface area contributed by atoms with Gasteiger partial charge in [0.05, 0.1) is 19.8 Å². The van der Waals surface area contributed by atoms with Gasteiger partial charge in [0.25, 0.3) is 5.96 Å².